The molecule has 0 spiro atoms. The minimum Gasteiger partial charge on any atom is -0.475 e. The number of carboxylic acids is 2. The van der Waals surface area contributed by atoms with E-state index >= 15 is 0 Å². The maximum Gasteiger partial charge on any atom is 0.490 e. The summed E-state index contributed by atoms with van der Waals surface area (Å²) in [7, 11) is 0. The first-order chi connectivity index (χ1) is 15.2. The zero-order valence-corrected chi connectivity index (χ0v) is 17.7. The van der Waals surface area contributed by atoms with Crippen molar-refractivity contribution in [2.24, 2.45) is 0 Å². The number of carbonyl (C=O) groups is 2. The van der Waals surface area contributed by atoms with Gasteiger partial charge in [-0.3, -0.25) is 4.90 Å². The van der Waals surface area contributed by atoms with Gasteiger partial charge >= 0.3 is 24.3 Å². The molecule has 1 atom stereocenters. The number of aliphatic carboxylic acids is 2. The lowest BCUT2D eigenvalue weighted by Gasteiger charge is -2.36. The quantitative estimate of drug-likeness (QED) is 0.625. The number of pyridine rings is 1. The number of hydrogen-bond acceptors (Lipinski definition) is 6. The zero-order valence-electron chi connectivity index (χ0n) is 17.7. The van der Waals surface area contributed by atoms with E-state index in [1.54, 1.807) is 0 Å². The smallest absolute Gasteiger partial charge is 0.475 e. The summed E-state index contributed by atoms with van der Waals surface area (Å²) < 4.78 is 69.2. The van der Waals surface area contributed by atoms with Gasteiger partial charge in [0.15, 0.2) is 0 Å². The Morgan fingerprint density at radius 1 is 1.06 bits per heavy atom. The third-order valence-electron chi connectivity index (χ3n) is 4.62. The lowest BCUT2D eigenvalue weighted by molar-refractivity contribution is -0.193. The van der Waals surface area contributed by atoms with Gasteiger partial charge in [0.05, 0.1) is 6.10 Å². The van der Waals surface area contributed by atoms with E-state index in [1.165, 1.54) is 18.4 Å². The Hall–Kier alpha value is -2.61. The van der Waals surface area contributed by atoms with Crippen LogP contribution in [0.4, 0.5) is 32.2 Å². The molecule has 1 unspecified atom stereocenters. The van der Waals surface area contributed by atoms with Crippen molar-refractivity contribution in [2.45, 2.75) is 38.2 Å². The van der Waals surface area contributed by atoms with Crippen LogP contribution < -0.4 is 4.90 Å². The minimum absolute atomic E-state index is 0.475. The molecule has 3 rings (SSSR count). The molecular weight excluding hydrogens is 464 g/mol. The topological polar surface area (TPSA) is 103 Å². The van der Waals surface area contributed by atoms with Crippen molar-refractivity contribution in [1.82, 2.24) is 9.88 Å². The number of hydrogen-bond donors (Lipinski definition) is 2. The summed E-state index contributed by atoms with van der Waals surface area (Å²) in [6.07, 6.45) is -5.33. The van der Waals surface area contributed by atoms with Crippen molar-refractivity contribution in [3.05, 3.63) is 23.9 Å². The maximum atomic E-state index is 10.6. The van der Waals surface area contributed by atoms with Crippen LogP contribution in [0.3, 0.4) is 0 Å². The molecule has 2 fully saturated rings. The molecule has 2 saturated heterocycles. The highest BCUT2D eigenvalue weighted by atomic mass is 19.4. The number of aromatic nitrogens is 1. The van der Waals surface area contributed by atoms with Crippen LogP contribution in [0.25, 0.3) is 0 Å². The largest absolute Gasteiger partial charge is 0.490 e. The first-order valence-electron chi connectivity index (χ1n) is 9.82. The van der Waals surface area contributed by atoms with E-state index in [1.807, 2.05) is 12.3 Å². The lowest BCUT2D eigenvalue weighted by Crippen LogP contribution is -2.49. The van der Waals surface area contributed by atoms with Crippen LogP contribution in [0.1, 0.15) is 18.4 Å². The number of piperazine rings is 1. The molecule has 0 bridgehead atoms. The average Bonchev–Trinajstić information content (AvgIpc) is 3.22. The highest BCUT2D eigenvalue weighted by Crippen LogP contribution is 2.19. The van der Waals surface area contributed by atoms with Crippen LogP contribution in [0, 0.1) is 6.92 Å². The van der Waals surface area contributed by atoms with E-state index in [4.69, 9.17) is 24.5 Å². The maximum absolute atomic E-state index is 10.6. The highest BCUT2D eigenvalue weighted by Gasteiger charge is 2.38. The van der Waals surface area contributed by atoms with Gasteiger partial charge in [-0.15, -0.1) is 0 Å². The molecule has 3 heterocycles. The highest BCUT2D eigenvalue weighted by molar-refractivity contribution is 5.73. The summed E-state index contributed by atoms with van der Waals surface area (Å²) >= 11 is 0. The molecule has 8 nitrogen and oxygen atoms in total. The van der Waals surface area contributed by atoms with Gasteiger partial charge in [0, 0.05) is 45.5 Å². The lowest BCUT2D eigenvalue weighted by atomic mass is 10.2. The summed E-state index contributed by atoms with van der Waals surface area (Å²) in [4.78, 5) is 27.2. The predicted octanol–water partition coefficient (Wildman–Crippen LogP) is 2.96. The molecule has 1 aromatic heterocycles. The van der Waals surface area contributed by atoms with E-state index < -0.39 is 24.3 Å². The molecule has 0 aromatic carbocycles. The van der Waals surface area contributed by atoms with Crippen LogP contribution >= 0.6 is 0 Å². The van der Waals surface area contributed by atoms with Crippen LogP contribution in [0.5, 0.6) is 0 Å². The first-order valence-corrected chi connectivity index (χ1v) is 9.82. The van der Waals surface area contributed by atoms with Gasteiger partial charge in [-0.2, -0.15) is 26.3 Å². The van der Waals surface area contributed by atoms with Crippen LogP contribution in [0.15, 0.2) is 18.3 Å². The molecule has 2 N–H and O–H groups in total. The van der Waals surface area contributed by atoms with Crippen molar-refractivity contribution in [3.63, 3.8) is 0 Å². The molecule has 0 amide bonds. The molecule has 14 heteroatoms. The Labute approximate surface area is 185 Å². The van der Waals surface area contributed by atoms with Gasteiger partial charge in [-0.25, -0.2) is 14.6 Å². The van der Waals surface area contributed by atoms with Crippen LogP contribution in [-0.4, -0.2) is 89.8 Å². The second kappa shape index (κ2) is 12.6. The minimum atomic E-state index is -5.08. The Bertz CT molecular complexity index is 737. The number of carboxylic acid groups (broad SMARTS) is 2. The molecule has 0 saturated carbocycles. The standard InChI is InChI=1S/C15H23N3O.2C2HF3O2/c1-13-4-2-6-16-15(13)18-9-7-17(8-10-18)12-14-5-3-11-19-14;2*3-2(4,5)1(6)7/h2,4,6,14H,3,5,7-12H2,1H3;2*(H,6,7). The van der Waals surface area contributed by atoms with Crippen molar-refractivity contribution < 1.29 is 50.9 Å². The molecule has 188 valence electrons. The second-order valence-corrected chi connectivity index (χ2v) is 7.17. The Morgan fingerprint density at radius 3 is 1.97 bits per heavy atom. The van der Waals surface area contributed by atoms with Crippen molar-refractivity contribution in [1.29, 1.82) is 0 Å². The first kappa shape index (κ1) is 28.4. The van der Waals surface area contributed by atoms with Gasteiger partial charge in [-0.05, 0) is 31.4 Å². The van der Waals surface area contributed by atoms with E-state index in [0.717, 1.165) is 45.1 Å². The van der Waals surface area contributed by atoms with Crippen LogP contribution in [0.2, 0.25) is 0 Å². The van der Waals surface area contributed by atoms with Gasteiger partial charge in [0.25, 0.3) is 0 Å². The van der Waals surface area contributed by atoms with E-state index in [0.29, 0.717) is 6.10 Å². The summed E-state index contributed by atoms with van der Waals surface area (Å²) in [5, 5.41) is 14.2. The number of nitrogens with zero attached hydrogens (tertiary/aromatic N) is 3. The fourth-order valence-corrected chi connectivity index (χ4v) is 3.03. The normalized spacial score (nSPS) is 19.1. The third kappa shape index (κ3) is 10.7. The predicted molar refractivity (Wildman–Crippen MR) is 104 cm³/mol. The Balaban J connectivity index is 0.000000324. The van der Waals surface area contributed by atoms with Crippen molar-refractivity contribution in [3.8, 4) is 0 Å². The zero-order chi connectivity index (χ0) is 25.2. The molecular formula is C19H25F6N3O5. The number of halogens is 6. The summed E-state index contributed by atoms with van der Waals surface area (Å²) in [5.41, 5.74) is 1.27. The van der Waals surface area contributed by atoms with E-state index in [9.17, 15) is 26.3 Å². The fourth-order valence-electron chi connectivity index (χ4n) is 3.03. The summed E-state index contributed by atoms with van der Waals surface area (Å²) in [5.74, 6) is -4.36. The summed E-state index contributed by atoms with van der Waals surface area (Å²) in [6, 6.07) is 4.15. The number of anilines is 1. The SMILES string of the molecule is Cc1cccnc1N1CCN(CC2CCCO2)CC1.O=C(O)C(F)(F)F.O=C(O)C(F)(F)F. The number of rotatable bonds is 3. The molecule has 2 aliphatic heterocycles. The number of ether oxygens (including phenoxy) is 1. The Kier molecular flexibility index (Phi) is 10.8. The van der Waals surface area contributed by atoms with E-state index in [2.05, 4.69) is 27.8 Å². The number of alkyl halides is 6. The monoisotopic (exact) mass is 489 g/mol. The van der Waals surface area contributed by atoms with Crippen molar-refractivity contribution >= 4 is 17.8 Å². The molecule has 33 heavy (non-hydrogen) atoms. The third-order valence-corrected chi connectivity index (χ3v) is 4.62. The van der Waals surface area contributed by atoms with Gasteiger partial charge in [0.2, 0.25) is 0 Å². The Morgan fingerprint density at radius 2 is 1.58 bits per heavy atom. The molecule has 0 aliphatic carbocycles. The van der Waals surface area contributed by atoms with E-state index in [-0.39, 0.29) is 0 Å². The van der Waals surface area contributed by atoms with Crippen LogP contribution in [-0.2, 0) is 14.3 Å². The fraction of sp³-hybridized carbons (Fsp3) is 0.632. The second-order valence-electron chi connectivity index (χ2n) is 7.17. The van der Waals surface area contributed by atoms with Gasteiger partial charge in [0.1, 0.15) is 5.82 Å². The average molecular weight is 489 g/mol. The van der Waals surface area contributed by atoms with Crippen molar-refractivity contribution in [2.75, 3.05) is 44.2 Å². The summed E-state index contributed by atoms with van der Waals surface area (Å²) in [6.45, 7) is 8.59. The molecule has 0 radical (unpaired) electrons. The van der Waals surface area contributed by atoms with Gasteiger partial charge < -0.3 is 19.8 Å². The number of aryl methyl sites for hydroxylation is 1. The molecule has 1 aromatic rings. The van der Waals surface area contributed by atoms with Gasteiger partial charge in [-0.1, -0.05) is 6.07 Å². The molecule has 2 aliphatic rings.